The van der Waals surface area contributed by atoms with Crippen molar-refractivity contribution in [3.63, 3.8) is 0 Å². The monoisotopic (exact) mass is 250 g/mol. The number of hydrogen-bond acceptors (Lipinski definition) is 2. The lowest BCUT2D eigenvalue weighted by molar-refractivity contribution is -0.135. The number of rotatable bonds is 3. The van der Waals surface area contributed by atoms with Gasteiger partial charge in [-0.15, -0.1) is 0 Å². The normalized spacial score (nSPS) is 17.2. The molecule has 1 amide bonds. The van der Waals surface area contributed by atoms with E-state index in [2.05, 4.69) is 0 Å². The highest BCUT2D eigenvalue weighted by Gasteiger charge is 2.30. The highest BCUT2D eigenvalue weighted by molar-refractivity contribution is 5.83. The average molecular weight is 250 g/mol. The summed E-state index contributed by atoms with van der Waals surface area (Å²) < 4.78 is 13.8. The maximum atomic E-state index is 13.8. The second-order valence-corrected chi connectivity index (χ2v) is 4.92. The first-order chi connectivity index (χ1) is 8.61. The van der Waals surface area contributed by atoms with Crippen molar-refractivity contribution in [2.45, 2.75) is 18.9 Å². The predicted octanol–water partition coefficient (Wildman–Crippen LogP) is 2.05. The number of halogens is 1. The molecule has 1 saturated heterocycles. The Labute approximate surface area is 107 Å². The van der Waals surface area contributed by atoms with Gasteiger partial charge in [0, 0.05) is 18.7 Å². The zero-order chi connectivity index (χ0) is 13.1. The maximum Gasteiger partial charge on any atom is 0.244 e. The molecule has 2 rings (SSSR count). The van der Waals surface area contributed by atoms with Crippen molar-refractivity contribution in [2.75, 3.05) is 27.2 Å². The summed E-state index contributed by atoms with van der Waals surface area (Å²) in [7, 11) is 3.62. The third-order valence-corrected chi connectivity index (χ3v) is 3.37. The molecule has 0 radical (unpaired) electrons. The van der Waals surface area contributed by atoms with Gasteiger partial charge in [-0.25, -0.2) is 4.39 Å². The molecule has 3 nitrogen and oxygen atoms in total. The van der Waals surface area contributed by atoms with E-state index in [-0.39, 0.29) is 11.7 Å². The molecule has 0 bridgehead atoms. The molecule has 0 aromatic heterocycles. The molecule has 0 unspecified atom stereocenters. The Morgan fingerprint density at radius 1 is 1.28 bits per heavy atom. The van der Waals surface area contributed by atoms with Crippen molar-refractivity contribution in [3.8, 4) is 0 Å². The van der Waals surface area contributed by atoms with Crippen LogP contribution >= 0.6 is 0 Å². The quantitative estimate of drug-likeness (QED) is 0.819. The Bertz CT molecular complexity index is 428. The summed E-state index contributed by atoms with van der Waals surface area (Å²) in [6.45, 7) is 1.58. The third-order valence-electron chi connectivity index (χ3n) is 3.37. The van der Waals surface area contributed by atoms with Crippen LogP contribution in [0.1, 0.15) is 24.4 Å². The van der Waals surface area contributed by atoms with Gasteiger partial charge in [-0.3, -0.25) is 9.69 Å². The van der Waals surface area contributed by atoms with Gasteiger partial charge in [0.25, 0.3) is 0 Å². The molecule has 1 aromatic carbocycles. The van der Waals surface area contributed by atoms with Crippen LogP contribution in [0.2, 0.25) is 0 Å². The lowest BCUT2D eigenvalue weighted by Gasteiger charge is -2.28. The van der Waals surface area contributed by atoms with Crippen LogP contribution in [-0.2, 0) is 4.79 Å². The first kappa shape index (κ1) is 13.0. The number of hydrogen-bond donors (Lipinski definition) is 0. The minimum absolute atomic E-state index is 0.00241. The number of carbonyl (C=O) groups excluding carboxylic acids is 1. The van der Waals surface area contributed by atoms with Gasteiger partial charge in [-0.05, 0) is 33.0 Å². The molecule has 4 heteroatoms. The zero-order valence-corrected chi connectivity index (χ0v) is 10.9. The largest absolute Gasteiger partial charge is 0.341 e. The van der Waals surface area contributed by atoms with Crippen LogP contribution in [0.3, 0.4) is 0 Å². The van der Waals surface area contributed by atoms with Crippen molar-refractivity contribution < 1.29 is 9.18 Å². The number of carbonyl (C=O) groups is 1. The van der Waals surface area contributed by atoms with Crippen molar-refractivity contribution in [2.24, 2.45) is 0 Å². The van der Waals surface area contributed by atoms with E-state index < -0.39 is 6.04 Å². The maximum absolute atomic E-state index is 13.8. The standard InChI is InChI=1S/C14H19FN2O/c1-16(2)13(11-7-3-4-8-12(11)15)14(18)17-9-5-6-10-17/h3-4,7-8,13H,5-6,9-10H2,1-2H3/t13-/m0/s1. The number of likely N-dealkylation sites (tertiary alicyclic amines) is 1. The Morgan fingerprint density at radius 2 is 1.89 bits per heavy atom. The summed E-state index contributed by atoms with van der Waals surface area (Å²) in [5, 5.41) is 0. The second-order valence-electron chi connectivity index (χ2n) is 4.92. The smallest absolute Gasteiger partial charge is 0.244 e. The molecular weight excluding hydrogens is 231 g/mol. The molecule has 0 spiro atoms. The van der Waals surface area contributed by atoms with Crippen LogP contribution in [0, 0.1) is 5.82 Å². The van der Waals surface area contributed by atoms with Crippen LogP contribution in [0.15, 0.2) is 24.3 Å². The SMILES string of the molecule is CN(C)[C@H](C(=O)N1CCCC1)c1ccccc1F. The average Bonchev–Trinajstić information content (AvgIpc) is 2.85. The zero-order valence-electron chi connectivity index (χ0n) is 10.9. The summed E-state index contributed by atoms with van der Waals surface area (Å²) in [4.78, 5) is 16.1. The molecule has 1 heterocycles. The van der Waals surface area contributed by atoms with Gasteiger partial charge in [0.05, 0.1) is 0 Å². The predicted molar refractivity (Wildman–Crippen MR) is 68.6 cm³/mol. The Balaban J connectivity index is 2.28. The van der Waals surface area contributed by atoms with Crippen LogP contribution in [0.4, 0.5) is 4.39 Å². The van der Waals surface area contributed by atoms with E-state index in [0.29, 0.717) is 5.56 Å². The van der Waals surface area contributed by atoms with E-state index >= 15 is 0 Å². The van der Waals surface area contributed by atoms with E-state index in [1.54, 1.807) is 23.1 Å². The van der Waals surface area contributed by atoms with Gasteiger partial charge in [0.15, 0.2) is 0 Å². The number of likely N-dealkylation sites (N-methyl/N-ethyl adjacent to an activating group) is 1. The minimum atomic E-state index is -0.524. The van der Waals surface area contributed by atoms with Crippen molar-refractivity contribution in [3.05, 3.63) is 35.6 Å². The topological polar surface area (TPSA) is 23.6 Å². The summed E-state index contributed by atoms with van der Waals surface area (Å²) >= 11 is 0. The van der Waals surface area contributed by atoms with Crippen LogP contribution in [-0.4, -0.2) is 42.9 Å². The first-order valence-electron chi connectivity index (χ1n) is 6.31. The first-order valence-corrected chi connectivity index (χ1v) is 6.31. The van der Waals surface area contributed by atoms with Crippen molar-refractivity contribution >= 4 is 5.91 Å². The van der Waals surface area contributed by atoms with Crippen molar-refractivity contribution in [1.29, 1.82) is 0 Å². The molecule has 98 valence electrons. The molecule has 0 N–H and O–H groups in total. The van der Waals surface area contributed by atoms with Crippen LogP contribution in [0.25, 0.3) is 0 Å². The minimum Gasteiger partial charge on any atom is -0.341 e. The molecule has 18 heavy (non-hydrogen) atoms. The molecule has 1 atom stereocenters. The summed E-state index contributed by atoms with van der Waals surface area (Å²) in [6, 6.07) is 5.99. The van der Waals surface area contributed by atoms with E-state index in [1.807, 2.05) is 19.0 Å². The number of benzene rings is 1. The Hall–Kier alpha value is -1.42. The molecular formula is C14H19FN2O. The third kappa shape index (κ3) is 2.53. The fourth-order valence-electron chi connectivity index (χ4n) is 2.44. The fraction of sp³-hybridized carbons (Fsp3) is 0.500. The van der Waals surface area contributed by atoms with Gasteiger partial charge in [0.2, 0.25) is 5.91 Å². The van der Waals surface area contributed by atoms with Gasteiger partial charge in [0.1, 0.15) is 11.9 Å². The van der Waals surface area contributed by atoms with Crippen molar-refractivity contribution in [1.82, 2.24) is 9.80 Å². The van der Waals surface area contributed by atoms with Crippen LogP contribution in [0.5, 0.6) is 0 Å². The highest BCUT2D eigenvalue weighted by Crippen LogP contribution is 2.25. The molecule has 1 aliphatic heterocycles. The Morgan fingerprint density at radius 3 is 2.44 bits per heavy atom. The fourth-order valence-corrected chi connectivity index (χ4v) is 2.44. The van der Waals surface area contributed by atoms with E-state index in [0.717, 1.165) is 25.9 Å². The second kappa shape index (κ2) is 5.48. The molecule has 1 aliphatic rings. The van der Waals surface area contributed by atoms with Gasteiger partial charge in [-0.1, -0.05) is 18.2 Å². The Kier molecular flexibility index (Phi) is 3.97. The van der Waals surface area contributed by atoms with Gasteiger partial charge >= 0.3 is 0 Å². The number of amides is 1. The summed E-state index contributed by atoms with van der Waals surface area (Å²) in [5.41, 5.74) is 0.458. The molecule has 1 fully saturated rings. The summed E-state index contributed by atoms with van der Waals surface area (Å²) in [6.07, 6.45) is 2.09. The molecule has 1 aromatic rings. The lowest BCUT2D eigenvalue weighted by atomic mass is 10.0. The van der Waals surface area contributed by atoms with Gasteiger partial charge in [-0.2, -0.15) is 0 Å². The summed E-state index contributed by atoms with van der Waals surface area (Å²) in [5.74, 6) is -0.314. The highest BCUT2D eigenvalue weighted by atomic mass is 19.1. The van der Waals surface area contributed by atoms with Crippen LogP contribution < -0.4 is 0 Å². The molecule has 0 saturated carbocycles. The van der Waals surface area contributed by atoms with Gasteiger partial charge < -0.3 is 4.90 Å². The van der Waals surface area contributed by atoms with E-state index in [1.165, 1.54) is 6.07 Å². The van der Waals surface area contributed by atoms with E-state index in [4.69, 9.17) is 0 Å². The van der Waals surface area contributed by atoms with E-state index in [9.17, 15) is 9.18 Å². The number of nitrogens with zero attached hydrogens (tertiary/aromatic N) is 2. The molecule has 0 aliphatic carbocycles. The lowest BCUT2D eigenvalue weighted by Crippen LogP contribution is -2.39.